The number of hydrogen-bond donors (Lipinski definition) is 0. The predicted molar refractivity (Wildman–Crippen MR) is 32.4 cm³/mol. The molecule has 0 amide bonds. The molecule has 0 aliphatic heterocycles. The van der Waals surface area contributed by atoms with Gasteiger partial charge in [0.05, 0.1) is 0 Å². The third-order valence-electron chi connectivity index (χ3n) is 0.677. The van der Waals surface area contributed by atoms with Crippen LogP contribution in [0.5, 0.6) is 0 Å². The van der Waals surface area contributed by atoms with Crippen LogP contribution < -0.4 is 0 Å². The van der Waals surface area contributed by atoms with Gasteiger partial charge in [0.1, 0.15) is 0 Å². The molecule has 1 heteroatoms. The Bertz CT molecular complexity index is 47.9. The minimum atomic E-state index is 1.18. The van der Waals surface area contributed by atoms with Gasteiger partial charge in [-0.25, -0.2) is 0 Å². The Morgan fingerprint density at radius 2 is 2.33 bits per heavy atom. The molecular formula is C5H11B. The van der Waals surface area contributed by atoms with Crippen LogP contribution in [0.4, 0.5) is 0 Å². The molecule has 0 atom stereocenters. The molecule has 0 nitrogen and oxygen atoms in total. The summed E-state index contributed by atoms with van der Waals surface area (Å²) < 4.78 is 0. The first-order chi connectivity index (χ1) is 2.77. The molecule has 0 aromatic rings. The van der Waals surface area contributed by atoms with Crippen molar-refractivity contribution in [3.05, 3.63) is 12.1 Å². The molecule has 0 fully saturated rings. The lowest BCUT2D eigenvalue weighted by Crippen LogP contribution is -1.84. The van der Waals surface area contributed by atoms with E-state index in [0.717, 1.165) is 0 Å². The van der Waals surface area contributed by atoms with Crippen LogP contribution in [0.3, 0.4) is 0 Å². The lowest BCUT2D eigenvalue weighted by Gasteiger charge is -1.84. The lowest BCUT2D eigenvalue weighted by molar-refractivity contribution is 1.44. The van der Waals surface area contributed by atoms with Gasteiger partial charge in [-0.05, 0) is 0 Å². The SMILES string of the molecule is C=C(C)BCC. The monoisotopic (exact) mass is 82.1 g/mol. The van der Waals surface area contributed by atoms with Crippen molar-refractivity contribution >= 4 is 7.28 Å². The Balaban J connectivity index is 2.83. The van der Waals surface area contributed by atoms with E-state index in [1.807, 2.05) is 0 Å². The van der Waals surface area contributed by atoms with Crippen molar-refractivity contribution in [2.75, 3.05) is 0 Å². The Kier molecular flexibility index (Phi) is 2.92. The maximum atomic E-state index is 3.74. The second kappa shape index (κ2) is 3.01. The zero-order chi connectivity index (χ0) is 4.99. The topological polar surface area (TPSA) is 0 Å². The summed E-state index contributed by atoms with van der Waals surface area (Å²) >= 11 is 0. The van der Waals surface area contributed by atoms with Crippen LogP contribution in [0.1, 0.15) is 13.8 Å². The summed E-state index contributed by atoms with van der Waals surface area (Å²) in [5.74, 6) is 0. The molecule has 0 saturated carbocycles. The van der Waals surface area contributed by atoms with Gasteiger partial charge in [-0.15, -0.1) is 12.1 Å². The van der Waals surface area contributed by atoms with Gasteiger partial charge in [0, 0.05) is 0 Å². The van der Waals surface area contributed by atoms with Gasteiger partial charge in [0.25, 0.3) is 0 Å². The van der Waals surface area contributed by atoms with Crippen molar-refractivity contribution in [1.29, 1.82) is 0 Å². The Labute approximate surface area is 40.5 Å². The molecule has 0 rings (SSSR count). The molecule has 0 unspecified atom stereocenters. The van der Waals surface area contributed by atoms with Crippen LogP contribution in [0, 0.1) is 0 Å². The fraction of sp³-hybridized carbons (Fsp3) is 0.600. The van der Waals surface area contributed by atoms with Gasteiger partial charge in [0.15, 0.2) is 7.28 Å². The number of rotatable bonds is 2. The van der Waals surface area contributed by atoms with Crippen molar-refractivity contribution in [2.45, 2.75) is 20.2 Å². The summed E-state index contributed by atoms with van der Waals surface area (Å²) in [5, 5.41) is 0. The highest BCUT2D eigenvalue weighted by molar-refractivity contribution is 6.44. The quantitative estimate of drug-likeness (QED) is 0.441. The second-order valence-corrected chi connectivity index (χ2v) is 1.71. The van der Waals surface area contributed by atoms with Gasteiger partial charge < -0.3 is 0 Å². The molecule has 0 bridgehead atoms. The van der Waals surface area contributed by atoms with Gasteiger partial charge in [0.2, 0.25) is 0 Å². The van der Waals surface area contributed by atoms with Crippen molar-refractivity contribution in [1.82, 2.24) is 0 Å². The van der Waals surface area contributed by atoms with Crippen LogP contribution in [-0.4, -0.2) is 7.28 Å². The summed E-state index contributed by atoms with van der Waals surface area (Å²) in [4.78, 5) is 0. The summed E-state index contributed by atoms with van der Waals surface area (Å²) in [5.41, 5.74) is 1.29. The summed E-state index contributed by atoms with van der Waals surface area (Å²) in [7, 11) is 1.18. The molecule has 0 aromatic heterocycles. The van der Waals surface area contributed by atoms with E-state index in [2.05, 4.69) is 20.4 Å². The summed E-state index contributed by atoms with van der Waals surface area (Å²) in [6.45, 7) is 7.97. The fourth-order valence-electron chi connectivity index (χ4n) is 0.427. The zero-order valence-corrected chi connectivity index (χ0v) is 4.62. The molecule has 0 saturated heterocycles. The minimum absolute atomic E-state index is 1.18. The van der Waals surface area contributed by atoms with Crippen molar-refractivity contribution in [3.8, 4) is 0 Å². The predicted octanol–water partition coefficient (Wildman–Crippen LogP) is 1.39. The van der Waals surface area contributed by atoms with Gasteiger partial charge in [-0.2, -0.15) is 0 Å². The third kappa shape index (κ3) is 3.80. The van der Waals surface area contributed by atoms with Gasteiger partial charge in [-0.3, -0.25) is 0 Å². The molecule has 0 aliphatic carbocycles. The fourth-order valence-corrected chi connectivity index (χ4v) is 0.427. The van der Waals surface area contributed by atoms with E-state index in [0.29, 0.717) is 0 Å². The molecule has 0 aromatic carbocycles. The lowest BCUT2D eigenvalue weighted by atomic mass is 9.69. The van der Waals surface area contributed by atoms with E-state index in [1.54, 1.807) is 0 Å². The normalized spacial score (nSPS) is 7.67. The van der Waals surface area contributed by atoms with E-state index in [9.17, 15) is 0 Å². The molecule has 0 spiro atoms. The average molecular weight is 82.0 g/mol. The third-order valence-corrected chi connectivity index (χ3v) is 0.677. The first kappa shape index (κ1) is 5.80. The average Bonchev–Trinajstić information content (AvgIpc) is 1.35. The number of allylic oxidation sites excluding steroid dienone is 1. The first-order valence-corrected chi connectivity index (χ1v) is 2.41. The highest BCUT2D eigenvalue weighted by Gasteiger charge is 1.80. The van der Waals surface area contributed by atoms with E-state index in [1.165, 1.54) is 19.1 Å². The van der Waals surface area contributed by atoms with Gasteiger partial charge in [-0.1, -0.05) is 20.2 Å². The standard InChI is InChI=1S/C5H11B/c1-4-6-5(2)3/h6H,2,4H2,1,3H3. The summed E-state index contributed by atoms with van der Waals surface area (Å²) in [6.07, 6.45) is 1.23. The smallest absolute Gasteiger partial charge is 0.116 e. The second-order valence-electron chi connectivity index (χ2n) is 1.71. The van der Waals surface area contributed by atoms with Crippen LogP contribution in [0.15, 0.2) is 12.1 Å². The van der Waals surface area contributed by atoms with Crippen LogP contribution in [0.25, 0.3) is 0 Å². The highest BCUT2D eigenvalue weighted by Crippen LogP contribution is 1.84. The minimum Gasteiger partial charge on any atom is -0.116 e. The van der Waals surface area contributed by atoms with E-state index < -0.39 is 0 Å². The van der Waals surface area contributed by atoms with Crippen LogP contribution >= 0.6 is 0 Å². The van der Waals surface area contributed by atoms with Gasteiger partial charge >= 0.3 is 0 Å². The van der Waals surface area contributed by atoms with Crippen molar-refractivity contribution < 1.29 is 0 Å². The Morgan fingerprint density at radius 1 is 1.83 bits per heavy atom. The molecule has 0 radical (unpaired) electrons. The molecule has 0 N–H and O–H groups in total. The molecule has 0 heterocycles. The van der Waals surface area contributed by atoms with Crippen molar-refractivity contribution in [3.63, 3.8) is 0 Å². The largest absolute Gasteiger partial charge is 0.150 e. The van der Waals surface area contributed by atoms with E-state index in [4.69, 9.17) is 0 Å². The molecule has 34 valence electrons. The highest BCUT2D eigenvalue weighted by atomic mass is 13.6. The molecule has 6 heavy (non-hydrogen) atoms. The number of hydrogen-bond acceptors (Lipinski definition) is 0. The Morgan fingerprint density at radius 3 is 2.33 bits per heavy atom. The van der Waals surface area contributed by atoms with Crippen molar-refractivity contribution in [2.24, 2.45) is 0 Å². The van der Waals surface area contributed by atoms with E-state index in [-0.39, 0.29) is 0 Å². The molecule has 0 aliphatic rings. The van der Waals surface area contributed by atoms with Crippen LogP contribution in [-0.2, 0) is 0 Å². The Hall–Kier alpha value is -0.195. The van der Waals surface area contributed by atoms with Crippen LogP contribution in [0.2, 0.25) is 6.32 Å². The maximum Gasteiger partial charge on any atom is 0.150 e. The maximum absolute atomic E-state index is 3.74. The first-order valence-electron chi connectivity index (χ1n) is 2.41. The molecular weight excluding hydrogens is 70.9 g/mol. The van der Waals surface area contributed by atoms with E-state index >= 15 is 0 Å². The zero-order valence-electron chi connectivity index (χ0n) is 4.62. The summed E-state index contributed by atoms with van der Waals surface area (Å²) in [6, 6.07) is 0.